The Kier molecular flexibility index (Phi) is 6.52. The van der Waals surface area contributed by atoms with Crippen LogP contribution >= 0.6 is 11.3 Å². The molecule has 0 N–H and O–H groups in total. The number of fused-ring (bicyclic) bond motifs is 6. The van der Waals surface area contributed by atoms with Gasteiger partial charge in [-0.15, -0.1) is 24.5 Å². The molecule has 0 atom stereocenters. The van der Waals surface area contributed by atoms with Crippen molar-refractivity contribution in [2.24, 2.45) is 0 Å². The van der Waals surface area contributed by atoms with E-state index >= 15 is 0 Å². The number of ether oxygens (including phenoxy) is 1. The van der Waals surface area contributed by atoms with Crippen molar-refractivity contribution in [1.29, 1.82) is 0 Å². The van der Waals surface area contributed by atoms with Gasteiger partial charge in [-0.1, -0.05) is 127 Å². The molecular formula is C46H27F3N4OS. The number of hydrogen-bond donors (Lipinski definition) is 0. The fourth-order valence-electron chi connectivity index (χ4n) is 7.14. The van der Waals surface area contributed by atoms with Crippen LogP contribution in [0.15, 0.2) is 164 Å². The lowest BCUT2D eigenvalue weighted by molar-refractivity contribution is -0.274. The Hall–Kier alpha value is -6.84. The van der Waals surface area contributed by atoms with E-state index < -0.39 is 36.6 Å². The van der Waals surface area contributed by atoms with Crippen LogP contribution in [0.4, 0.5) is 13.2 Å². The van der Waals surface area contributed by atoms with Crippen LogP contribution in [-0.2, 0) is 0 Å². The van der Waals surface area contributed by atoms with Gasteiger partial charge in [0.05, 0.1) is 17.9 Å². The fourth-order valence-corrected chi connectivity index (χ4v) is 8.46. The van der Waals surface area contributed by atoms with Crippen molar-refractivity contribution in [3.8, 4) is 56.7 Å². The maximum absolute atomic E-state index is 13.6. The van der Waals surface area contributed by atoms with E-state index in [9.17, 15) is 13.2 Å². The average molecular weight is 746 g/mol. The molecule has 3 heterocycles. The summed E-state index contributed by atoms with van der Waals surface area (Å²) in [7, 11) is 0. The van der Waals surface area contributed by atoms with Crippen molar-refractivity contribution < 1.29 is 24.8 Å². The third-order valence-corrected chi connectivity index (χ3v) is 10.7. The van der Waals surface area contributed by atoms with Gasteiger partial charge in [0, 0.05) is 59.4 Å². The summed E-state index contributed by atoms with van der Waals surface area (Å²) >= 11 is 1.53. The Morgan fingerprint density at radius 3 is 1.93 bits per heavy atom. The summed E-state index contributed by atoms with van der Waals surface area (Å²) in [6, 6.07) is 38.3. The molecule has 0 saturated carbocycles. The third kappa shape index (κ3) is 5.86. The van der Waals surface area contributed by atoms with Crippen molar-refractivity contribution in [3.63, 3.8) is 0 Å². The van der Waals surface area contributed by atoms with Crippen LogP contribution < -0.4 is 4.74 Å². The number of para-hydroxylation sites is 1. The van der Waals surface area contributed by atoms with Crippen LogP contribution in [0.3, 0.4) is 0 Å². The highest BCUT2D eigenvalue weighted by molar-refractivity contribution is 7.26. The maximum Gasteiger partial charge on any atom is 0.573 e. The smallest absolute Gasteiger partial charge is 0.406 e. The van der Waals surface area contributed by atoms with Crippen molar-refractivity contribution in [2.45, 2.75) is 6.36 Å². The molecule has 0 unspecified atom stereocenters. The predicted octanol–water partition coefficient (Wildman–Crippen LogP) is 12.9. The van der Waals surface area contributed by atoms with E-state index in [1.54, 1.807) is 18.2 Å². The average Bonchev–Trinajstić information content (AvgIpc) is 3.80. The highest BCUT2D eigenvalue weighted by atomic mass is 32.1. The standard InChI is InChI=1S/C46H27F3N4OS/c47-46(48,49)54-32-23-24-35-34-19-10-11-22-39(34)53(40(35)27-32)31-25-37-36-21-12-20-33(28-13-4-1-5-14-28)41(36)55-42(37)38(26-31)45-51-43(29-15-6-2-7-16-29)50-44(52-45)30-17-8-3-9-18-30/h1-27H/i2D,6D,7D,15D,16D. The monoisotopic (exact) mass is 745 g/mol. The molecule has 0 aliphatic heterocycles. The molecule has 9 heteroatoms. The molecule has 0 saturated heterocycles. The molecule has 5 nitrogen and oxygen atoms in total. The van der Waals surface area contributed by atoms with E-state index in [0.717, 1.165) is 42.2 Å². The number of thiophene rings is 1. The van der Waals surface area contributed by atoms with Gasteiger partial charge in [0.2, 0.25) is 0 Å². The Morgan fingerprint density at radius 1 is 0.527 bits per heavy atom. The third-order valence-electron chi connectivity index (χ3n) is 9.44. The molecule has 0 aliphatic carbocycles. The van der Waals surface area contributed by atoms with Crippen LogP contribution in [0.1, 0.15) is 6.85 Å². The minimum Gasteiger partial charge on any atom is -0.406 e. The van der Waals surface area contributed by atoms with Gasteiger partial charge in [0.1, 0.15) is 5.75 Å². The van der Waals surface area contributed by atoms with Crippen LogP contribution in [0.25, 0.3) is 93.0 Å². The highest BCUT2D eigenvalue weighted by Gasteiger charge is 2.31. The second-order valence-corrected chi connectivity index (χ2v) is 13.8. The zero-order valence-electron chi connectivity index (χ0n) is 33.4. The van der Waals surface area contributed by atoms with Crippen molar-refractivity contribution in [1.82, 2.24) is 19.5 Å². The van der Waals surface area contributed by atoms with Gasteiger partial charge in [0.25, 0.3) is 0 Å². The van der Waals surface area contributed by atoms with Crippen molar-refractivity contribution in [2.75, 3.05) is 0 Å². The largest absolute Gasteiger partial charge is 0.573 e. The first-order valence-electron chi connectivity index (χ1n) is 19.7. The van der Waals surface area contributed by atoms with Crippen molar-refractivity contribution >= 4 is 53.3 Å². The molecule has 0 radical (unpaired) electrons. The lowest BCUT2D eigenvalue weighted by Crippen LogP contribution is -2.17. The van der Waals surface area contributed by atoms with Gasteiger partial charge in [-0.3, -0.25) is 0 Å². The Morgan fingerprint density at radius 2 is 1.16 bits per heavy atom. The number of hydrogen-bond acceptors (Lipinski definition) is 5. The summed E-state index contributed by atoms with van der Waals surface area (Å²) < 4.78 is 91.5. The van der Waals surface area contributed by atoms with E-state index in [-0.39, 0.29) is 28.8 Å². The molecule has 3 aromatic heterocycles. The molecule has 0 aliphatic rings. The lowest BCUT2D eigenvalue weighted by Gasteiger charge is -2.14. The molecule has 55 heavy (non-hydrogen) atoms. The minimum absolute atomic E-state index is 0.119. The summed E-state index contributed by atoms with van der Waals surface area (Å²) in [6.07, 6.45) is -4.91. The fraction of sp³-hybridized carbons (Fsp3) is 0.0217. The molecule has 7 aromatic carbocycles. The molecular weight excluding hydrogens is 714 g/mol. The summed E-state index contributed by atoms with van der Waals surface area (Å²) in [4.78, 5) is 14.6. The second kappa shape index (κ2) is 12.9. The zero-order chi connectivity index (χ0) is 41.4. The Bertz CT molecular complexity index is 3330. The summed E-state index contributed by atoms with van der Waals surface area (Å²) in [5, 5.41) is 3.26. The maximum atomic E-state index is 13.6. The summed E-state index contributed by atoms with van der Waals surface area (Å²) in [5.41, 5.74) is 4.73. The SMILES string of the molecule is [2H]c1c([2H])c([2H])c(-c2nc(-c3ccccc3)nc(-c3cc(-n4c5ccccc5c5ccc(OC(F)(F)F)cc54)cc4c3sc3c(-c5ccccc5)cccc34)n2)c([2H])c1[2H]. The van der Waals surface area contributed by atoms with Crippen molar-refractivity contribution in [3.05, 3.63) is 164 Å². The number of aromatic nitrogens is 4. The van der Waals surface area contributed by atoms with Crippen LogP contribution in [0, 0.1) is 0 Å². The van der Waals surface area contributed by atoms with E-state index in [1.807, 2.05) is 102 Å². The van der Waals surface area contributed by atoms with E-state index in [1.165, 1.54) is 23.5 Å². The van der Waals surface area contributed by atoms with Gasteiger partial charge in [0.15, 0.2) is 17.5 Å². The number of benzene rings is 7. The quantitative estimate of drug-likeness (QED) is 0.170. The van der Waals surface area contributed by atoms with E-state index in [4.69, 9.17) is 21.8 Å². The molecule has 0 bridgehead atoms. The Balaban J connectivity index is 1.33. The summed E-state index contributed by atoms with van der Waals surface area (Å²) in [6.45, 7) is 0. The lowest BCUT2D eigenvalue weighted by atomic mass is 10.0. The zero-order valence-corrected chi connectivity index (χ0v) is 29.3. The van der Waals surface area contributed by atoms with Crippen LogP contribution in [0.5, 0.6) is 5.75 Å². The van der Waals surface area contributed by atoms with Gasteiger partial charge in [-0.2, -0.15) is 0 Å². The number of alkyl halides is 3. The van der Waals surface area contributed by atoms with Gasteiger partial charge < -0.3 is 9.30 Å². The Labute approximate surface area is 323 Å². The molecule has 10 rings (SSSR count). The van der Waals surface area contributed by atoms with Crippen LogP contribution in [-0.4, -0.2) is 25.9 Å². The van der Waals surface area contributed by atoms with Crippen LogP contribution in [0.2, 0.25) is 0 Å². The summed E-state index contributed by atoms with van der Waals surface area (Å²) in [5.74, 6) is -0.126. The van der Waals surface area contributed by atoms with E-state index in [2.05, 4.69) is 10.8 Å². The topological polar surface area (TPSA) is 52.8 Å². The molecule has 10 aromatic rings. The first-order valence-corrected chi connectivity index (χ1v) is 18.0. The first kappa shape index (κ1) is 27.7. The van der Waals surface area contributed by atoms with E-state index in [0.29, 0.717) is 27.7 Å². The number of rotatable bonds is 6. The minimum atomic E-state index is -4.91. The molecule has 0 fully saturated rings. The molecule has 0 spiro atoms. The van der Waals surface area contributed by atoms with Gasteiger partial charge >= 0.3 is 6.36 Å². The number of nitrogens with zero attached hydrogens (tertiary/aromatic N) is 4. The van der Waals surface area contributed by atoms with Gasteiger partial charge in [-0.05, 0) is 41.5 Å². The second-order valence-electron chi connectivity index (χ2n) is 12.8. The molecule has 264 valence electrons. The number of halogens is 3. The first-order chi connectivity index (χ1) is 28.9. The molecule has 0 amide bonds. The predicted molar refractivity (Wildman–Crippen MR) is 215 cm³/mol. The normalized spacial score (nSPS) is 13.2. The highest BCUT2D eigenvalue weighted by Crippen LogP contribution is 2.46. The van der Waals surface area contributed by atoms with Gasteiger partial charge in [-0.25, -0.2) is 15.0 Å².